The van der Waals surface area contributed by atoms with Crippen molar-refractivity contribution in [2.75, 3.05) is 20.8 Å². The van der Waals surface area contributed by atoms with Crippen LogP contribution in [0.15, 0.2) is 64.8 Å². The van der Waals surface area contributed by atoms with Gasteiger partial charge in [-0.15, -0.1) is 0 Å². The second-order valence-corrected chi connectivity index (χ2v) is 7.59. The van der Waals surface area contributed by atoms with E-state index in [1.54, 1.807) is 31.2 Å². The van der Waals surface area contributed by atoms with E-state index < -0.39 is 20.0 Å². The molecule has 29 heavy (non-hydrogen) atoms. The molecule has 0 fully saturated rings. The van der Waals surface area contributed by atoms with Crippen LogP contribution in [-0.2, 0) is 18.3 Å². The normalized spacial score (nSPS) is 15.6. The molecule has 0 spiro atoms. The Morgan fingerprint density at radius 3 is 2.21 bits per heavy atom. The summed E-state index contributed by atoms with van der Waals surface area (Å²) in [7, 11) is -1.68. The maximum Gasteiger partial charge on any atom is 0.472 e. The van der Waals surface area contributed by atoms with Gasteiger partial charge in [0.15, 0.2) is 0 Å². The average Bonchev–Trinajstić information content (AvgIpc) is 2.72. The molecule has 2 N–H and O–H groups in total. The molecule has 1 unspecified atom stereocenters. The number of nitrogens with one attached hydrogen (secondary N) is 1. The van der Waals surface area contributed by atoms with Crippen LogP contribution < -0.4 is 5.32 Å². The second-order valence-electron chi connectivity index (χ2n) is 6.08. The van der Waals surface area contributed by atoms with Gasteiger partial charge in [0.25, 0.3) is 5.91 Å². The number of methoxy groups -OCH3 is 1. The van der Waals surface area contributed by atoms with Crippen LogP contribution in [-0.4, -0.2) is 43.8 Å². The molecule has 0 aliphatic carbocycles. The van der Waals surface area contributed by atoms with E-state index >= 15 is 0 Å². The van der Waals surface area contributed by atoms with Crippen LogP contribution in [0.25, 0.3) is 0 Å². The Morgan fingerprint density at radius 1 is 1.07 bits per heavy atom. The van der Waals surface area contributed by atoms with Crippen molar-refractivity contribution in [1.82, 2.24) is 5.32 Å². The predicted molar refractivity (Wildman–Crippen MR) is 108 cm³/mol. The highest BCUT2D eigenvalue weighted by Gasteiger charge is 2.29. The summed E-state index contributed by atoms with van der Waals surface area (Å²) < 4.78 is 26.1. The molecule has 156 valence electrons. The van der Waals surface area contributed by atoms with Crippen molar-refractivity contribution in [1.29, 1.82) is 0 Å². The van der Waals surface area contributed by atoms with Crippen molar-refractivity contribution in [3.63, 3.8) is 0 Å². The van der Waals surface area contributed by atoms with Crippen LogP contribution in [0.4, 0.5) is 11.4 Å². The third-order valence-electron chi connectivity index (χ3n) is 3.93. The first-order valence-corrected chi connectivity index (χ1v) is 10.3. The molecule has 0 aliphatic heterocycles. The maximum absolute atomic E-state index is 12.5. The minimum atomic E-state index is -4.19. The zero-order chi connectivity index (χ0) is 21.3. The van der Waals surface area contributed by atoms with Crippen molar-refractivity contribution in [2.45, 2.75) is 19.1 Å². The van der Waals surface area contributed by atoms with Crippen LogP contribution in [0.2, 0.25) is 0 Å². The molecular formula is C19H24N3O6P. The van der Waals surface area contributed by atoms with E-state index in [1.807, 2.05) is 30.3 Å². The van der Waals surface area contributed by atoms with Crippen molar-refractivity contribution in [3.8, 4) is 0 Å². The molecule has 0 saturated heterocycles. The van der Waals surface area contributed by atoms with Gasteiger partial charge in [0, 0.05) is 19.8 Å². The number of ether oxygens (including phenoxy) is 1. The van der Waals surface area contributed by atoms with Gasteiger partial charge in [0.05, 0.1) is 30.1 Å². The molecule has 3 atom stereocenters. The van der Waals surface area contributed by atoms with E-state index in [1.165, 1.54) is 7.11 Å². The minimum absolute atomic E-state index is 0.0833. The molecule has 10 heteroatoms. The molecule has 9 nitrogen and oxygen atoms in total. The Kier molecular flexibility index (Phi) is 8.63. The number of rotatable bonds is 10. The van der Waals surface area contributed by atoms with E-state index in [-0.39, 0.29) is 12.5 Å². The summed E-state index contributed by atoms with van der Waals surface area (Å²) in [4.78, 5) is 22.0. The lowest BCUT2D eigenvalue weighted by molar-refractivity contribution is 0.0579. The number of amides is 1. The molecule has 0 aromatic heterocycles. The number of phosphoric acid groups is 1. The molecule has 0 radical (unpaired) electrons. The minimum Gasteiger partial charge on any atom is -0.382 e. The monoisotopic (exact) mass is 421 g/mol. The van der Waals surface area contributed by atoms with Gasteiger partial charge in [0.1, 0.15) is 0 Å². The summed E-state index contributed by atoms with van der Waals surface area (Å²) in [6.45, 7) is 1.62. The maximum atomic E-state index is 12.5. The Hall–Kier alpha value is -2.42. The van der Waals surface area contributed by atoms with E-state index in [0.717, 1.165) is 12.8 Å². The fourth-order valence-electron chi connectivity index (χ4n) is 2.34. The number of azo groups is 1. The third-order valence-corrected chi connectivity index (χ3v) is 4.99. The summed E-state index contributed by atoms with van der Waals surface area (Å²) in [5, 5.41) is 11.0. The van der Waals surface area contributed by atoms with Crippen LogP contribution in [0.1, 0.15) is 17.3 Å². The summed E-state index contributed by atoms with van der Waals surface area (Å²) in [5.74, 6) is -0.390. The zero-order valence-corrected chi connectivity index (χ0v) is 17.3. The van der Waals surface area contributed by atoms with Crippen molar-refractivity contribution in [2.24, 2.45) is 10.2 Å². The standard InChI is InChI=1S/C19H24N3O6P/c1-14(28-29(24,25)27-3)18(13-26-2)20-19(23)15-9-11-17(12-10-15)22-21-16-7-5-4-6-8-16/h4-12,14,18H,13H2,1-3H3,(H,20,23)(H,24,25)/b22-21+/t14-,18-/m0/s1. The molecule has 0 bridgehead atoms. The van der Waals surface area contributed by atoms with E-state index in [9.17, 15) is 14.3 Å². The highest BCUT2D eigenvalue weighted by Crippen LogP contribution is 2.43. The number of hydrogen-bond acceptors (Lipinski definition) is 7. The van der Waals surface area contributed by atoms with Crippen molar-refractivity contribution in [3.05, 3.63) is 60.2 Å². The molecular weight excluding hydrogens is 397 g/mol. The van der Waals surface area contributed by atoms with Gasteiger partial charge < -0.3 is 14.9 Å². The Morgan fingerprint density at radius 2 is 1.66 bits per heavy atom. The van der Waals surface area contributed by atoms with E-state index in [2.05, 4.69) is 20.1 Å². The summed E-state index contributed by atoms with van der Waals surface area (Å²) in [5.41, 5.74) is 1.70. The topological polar surface area (TPSA) is 119 Å². The fourth-order valence-corrected chi connectivity index (χ4v) is 3.00. The SMILES string of the molecule is COC[C@H](NC(=O)c1ccc(/N=N/c2ccccc2)cc1)[C@H](C)OP(=O)(O)OC. The first-order valence-electron chi connectivity index (χ1n) is 8.78. The van der Waals surface area contributed by atoms with Crippen molar-refractivity contribution < 1.29 is 28.0 Å². The third kappa shape index (κ3) is 7.49. The lowest BCUT2D eigenvalue weighted by Gasteiger charge is -2.25. The van der Waals surface area contributed by atoms with Gasteiger partial charge in [-0.1, -0.05) is 18.2 Å². The zero-order valence-electron chi connectivity index (χ0n) is 16.4. The molecule has 2 aromatic carbocycles. The largest absolute Gasteiger partial charge is 0.472 e. The first kappa shape index (κ1) is 22.9. The highest BCUT2D eigenvalue weighted by molar-refractivity contribution is 7.47. The van der Waals surface area contributed by atoms with Gasteiger partial charge in [-0.05, 0) is 43.3 Å². The number of benzene rings is 2. The van der Waals surface area contributed by atoms with Crippen LogP contribution in [0.5, 0.6) is 0 Å². The summed E-state index contributed by atoms with van der Waals surface area (Å²) in [6, 6.07) is 15.2. The van der Waals surface area contributed by atoms with E-state index in [4.69, 9.17) is 9.26 Å². The highest BCUT2D eigenvalue weighted by atomic mass is 31.2. The van der Waals surface area contributed by atoms with Crippen LogP contribution in [0.3, 0.4) is 0 Å². The second kappa shape index (κ2) is 10.9. The van der Waals surface area contributed by atoms with E-state index in [0.29, 0.717) is 11.3 Å². The number of carbonyl (C=O) groups excluding carboxylic acids is 1. The Balaban J connectivity index is 2.02. The van der Waals surface area contributed by atoms with Crippen molar-refractivity contribution >= 4 is 25.1 Å². The molecule has 0 saturated carbocycles. The van der Waals surface area contributed by atoms with Crippen LogP contribution in [0, 0.1) is 0 Å². The number of carbonyl (C=O) groups is 1. The first-order chi connectivity index (χ1) is 13.8. The van der Waals surface area contributed by atoms with Crippen LogP contribution >= 0.6 is 7.82 Å². The molecule has 2 rings (SSSR count). The number of hydrogen-bond donors (Lipinski definition) is 2. The molecule has 0 aliphatic rings. The van der Waals surface area contributed by atoms with Gasteiger partial charge in [-0.3, -0.25) is 13.8 Å². The quantitative estimate of drug-likeness (QED) is 0.442. The number of phosphoric ester groups is 1. The summed E-state index contributed by atoms with van der Waals surface area (Å²) in [6.07, 6.45) is -0.825. The average molecular weight is 421 g/mol. The van der Waals surface area contributed by atoms with Gasteiger partial charge >= 0.3 is 7.82 Å². The van der Waals surface area contributed by atoms with Gasteiger partial charge in [-0.2, -0.15) is 10.2 Å². The van der Waals surface area contributed by atoms with Gasteiger partial charge in [0.2, 0.25) is 0 Å². The predicted octanol–water partition coefficient (Wildman–Crippen LogP) is 4.00. The molecule has 0 heterocycles. The smallest absolute Gasteiger partial charge is 0.382 e. The lowest BCUT2D eigenvalue weighted by atomic mass is 10.1. The summed E-state index contributed by atoms with van der Waals surface area (Å²) >= 11 is 0. The van der Waals surface area contributed by atoms with Gasteiger partial charge in [-0.25, -0.2) is 4.57 Å². The number of nitrogens with zero attached hydrogens (tertiary/aromatic N) is 2. The fraction of sp³-hybridized carbons (Fsp3) is 0.316. The molecule has 2 aromatic rings. The Bertz CT molecular complexity index is 860. The Labute approximate surface area is 169 Å². The lowest BCUT2D eigenvalue weighted by Crippen LogP contribution is -2.45. The molecule has 1 amide bonds.